The van der Waals surface area contributed by atoms with Crippen LogP contribution in [0, 0.1) is 17.8 Å². The van der Waals surface area contributed by atoms with E-state index in [1.54, 1.807) is 13.2 Å². The summed E-state index contributed by atoms with van der Waals surface area (Å²) in [5.41, 5.74) is 3.94. The van der Waals surface area contributed by atoms with Gasteiger partial charge in [-0.25, -0.2) is 9.59 Å². The van der Waals surface area contributed by atoms with E-state index >= 15 is 0 Å². The maximum Gasteiger partial charge on any atom is 0.334 e. The van der Waals surface area contributed by atoms with E-state index < -0.39 is 0 Å². The smallest absolute Gasteiger partial charge is 0.334 e. The van der Waals surface area contributed by atoms with Gasteiger partial charge in [-0.05, 0) is 66.0 Å². The lowest BCUT2D eigenvalue weighted by molar-refractivity contribution is -0.140. The number of carbonyl (C=O) groups is 2. The van der Waals surface area contributed by atoms with Gasteiger partial charge in [0.2, 0.25) is 0 Å². The van der Waals surface area contributed by atoms with Gasteiger partial charge in [-0.1, -0.05) is 103 Å². The molecule has 220 valence electrons. The first-order valence-corrected chi connectivity index (χ1v) is 14.6. The number of allylic oxidation sites excluding steroid dienone is 1. The Balaban J connectivity index is 0.000000402. The van der Waals surface area contributed by atoms with E-state index in [0.717, 1.165) is 40.9 Å². The van der Waals surface area contributed by atoms with Crippen molar-refractivity contribution in [1.29, 1.82) is 0 Å². The molecule has 0 aromatic heterocycles. The molecule has 0 aliphatic rings. The summed E-state index contributed by atoms with van der Waals surface area (Å²) in [7, 11) is 1.63. The van der Waals surface area contributed by atoms with Gasteiger partial charge in [0.15, 0.2) is 0 Å². The molecular formula is C35H50O5. The second kappa shape index (κ2) is 19.7. The third-order valence-corrected chi connectivity index (χ3v) is 6.56. The Kier molecular flexibility index (Phi) is 17.1. The van der Waals surface area contributed by atoms with Gasteiger partial charge in [0, 0.05) is 11.6 Å². The molecule has 2 aromatic rings. The zero-order valence-electron chi connectivity index (χ0n) is 25.9. The maximum atomic E-state index is 12.2. The highest BCUT2D eigenvalue weighted by molar-refractivity contribution is 5.98. The van der Waals surface area contributed by atoms with Gasteiger partial charge in [0.05, 0.1) is 20.3 Å². The van der Waals surface area contributed by atoms with Crippen LogP contribution in [0.15, 0.2) is 66.2 Å². The highest BCUT2D eigenvalue weighted by atomic mass is 16.5. The summed E-state index contributed by atoms with van der Waals surface area (Å²) in [4.78, 5) is 23.9. The van der Waals surface area contributed by atoms with Crippen molar-refractivity contribution in [2.45, 2.75) is 74.1 Å². The fourth-order valence-corrected chi connectivity index (χ4v) is 4.31. The molecular weight excluding hydrogens is 500 g/mol. The number of benzene rings is 2. The number of carbonyl (C=O) groups excluding carboxylic acids is 2. The highest BCUT2D eigenvalue weighted by Crippen LogP contribution is 2.31. The zero-order chi connectivity index (χ0) is 29.9. The molecule has 0 spiro atoms. The number of ether oxygens (including phenoxy) is 3. The van der Waals surface area contributed by atoms with E-state index in [1.165, 1.54) is 18.9 Å². The van der Waals surface area contributed by atoms with Crippen molar-refractivity contribution in [2.24, 2.45) is 17.8 Å². The summed E-state index contributed by atoms with van der Waals surface area (Å²) in [6.45, 7) is 15.4. The van der Waals surface area contributed by atoms with Crippen LogP contribution in [0.2, 0.25) is 0 Å². The lowest BCUT2D eigenvalue weighted by Crippen LogP contribution is -2.16. The topological polar surface area (TPSA) is 61.8 Å². The Labute approximate surface area is 242 Å². The van der Waals surface area contributed by atoms with Crippen LogP contribution in [0.1, 0.15) is 85.3 Å². The molecule has 5 nitrogen and oxygen atoms in total. The number of hydrogen-bond donors (Lipinski definition) is 0. The van der Waals surface area contributed by atoms with Crippen LogP contribution in [0.25, 0.3) is 11.6 Å². The number of hydrogen-bond acceptors (Lipinski definition) is 5. The van der Waals surface area contributed by atoms with Crippen molar-refractivity contribution in [3.63, 3.8) is 0 Å². The summed E-state index contributed by atoms with van der Waals surface area (Å²) in [5, 5.41) is 0. The molecule has 1 atom stereocenters. The molecule has 0 radical (unpaired) electrons. The van der Waals surface area contributed by atoms with Crippen LogP contribution < -0.4 is 4.74 Å². The molecule has 1 unspecified atom stereocenters. The van der Waals surface area contributed by atoms with Gasteiger partial charge in [0.1, 0.15) is 5.75 Å². The molecule has 0 fully saturated rings. The monoisotopic (exact) mass is 550 g/mol. The molecule has 40 heavy (non-hydrogen) atoms. The van der Waals surface area contributed by atoms with E-state index in [0.29, 0.717) is 19.1 Å². The maximum absolute atomic E-state index is 12.2. The first-order valence-electron chi connectivity index (χ1n) is 14.6. The molecule has 5 heteroatoms. The molecule has 0 aliphatic heterocycles. The first kappa shape index (κ1) is 34.7. The second-order valence-corrected chi connectivity index (χ2v) is 10.4. The summed E-state index contributed by atoms with van der Waals surface area (Å²) in [6, 6.07) is 17.6. The summed E-state index contributed by atoms with van der Waals surface area (Å²) in [5.74, 6) is 1.24. The van der Waals surface area contributed by atoms with Crippen molar-refractivity contribution in [2.75, 3.05) is 20.3 Å². The third kappa shape index (κ3) is 12.7. The van der Waals surface area contributed by atoms with Crippen molar-refractivity contribution < 1.29 is 23.8 Å². The van der Waals surface area contributed by atoms with Crippen molar-refractivity contribution in [1.82, 2.24) is 0 Å². The Morgan fingerprint density at radius 1 is 0.850 bits per heavy atom. The fraction of sp³-hybridized carbons (Fsp3) is 0.486. The van der Waals surface area contributed by atoms with Gasteiger partial charge in [-0.2, -0.15) is 0 Å². The predicted octanol–water partition coefficient (Wildman–Crippen LogP) is 8.78. The van der Waals surface area contributed by atoms with Crippen LogP contribution >= 0.6 is 0 Å². The fourth-order valence-electron chi connectivity index (χ4n) is 4.31. The quantitative estimate of drug-likeness (QED) is 0.174. The van der Waals surface area contributed by atoms with E-state index in [2.05, 4.69) is 39.8 Å². The van der Waals surface area contributed by atoms with Crippen LogP contribution in [0.5, 0.6) is 5.75 Å². The van der Waals surface area contributed by atoms with Gasteiger partial charge in [-0.15, -0.1) is 0 Å². The normalized spacial score (nSPS) is 12.4. The average molecular weight is 551 g/mol. The van der Waals surface area contributed by atoms with E-state index in [4.69, 9.17) is 14.2 Å². The van der Waals surface area contributed by atoms with Gasteiger partial charge in [-0.3, -0.25) is 0 Å². The van der Waals surface area contributed by atoms with E-state index in [9.17, 15) is 9.59 Å². The highest BCUT2D eigenvalue weighted by Gasteiger charge is 2.22. The van der Waals surface area contributed by atoms with Gasteiger partial charge in [0.25, 0.3) is 0 Å². The zero-order valence-corrected chi connectivity index (χ0v) is 25.9. The summed E-state index contributed by atoms with van der Waals surface area (Å²) < 4.78 is 15.6. The Hall–Kier alpha value is -3.34. The minimum Gasteiger partial charge on any atom is -0.497 e. The summed E-state index contributed by atoms with van der Waals surface area (Å²) in [6.07, 6.45) is 7.79. The SMILES string of the molecule is CCCCC(CC)COC(=O)C=Cc1ccc(OC)cc1.CCOC(=O)C(=C(c1ccccc1)C(C)C)C(C)C. The molecule has 0 bridgehead atoms. The molecule has 0 saturated heterocycles. The Morgan fingerprint density at radius 2 is 1.50 bits per heavy atom. The van der Waals surface area contributed by atoms with Crippen LogP contribution in [-0.2, 0) is 19.1 Å². The van der Waals surface area contributed by atoms with Crippen molar-refractivity contribution >= 4 is 23.6 Å². The standard InChI is InChI=1S/C18H26O3.C17H24O2/c1-4-6-7-15(5-2)14-21-18(19)13-10-16-8-11-17(20-3)12-9-16;1-6-19-17(18)16(13(4)5)15(12(2)3)14-10-8-7-9-11-14/h8-13,15H,4-7,14H2,1-3H3;7-13H,6H2,1-5H3. The lowest BCUT2D eigenvalue weighted by atomic mass is 9.86. The van der Waals surface area contributed by atoms with Gasteiger partial charge >= 0.3 is 11.9 Å². The van der Waals surface area contributed by atoms with Crippen LogP contribution in [0.4, 0.5) is 0 Å². The van der Waals surface area contributed by atoms with Crippen molar-refractivity contribution in [3.05, 3.63) is 77.4 Å². The van der Waals surface area contributed by atoms with Gasteiger partial charge < -0.3 is 14.2 Å². The molecule has 0 aliphatic carbocycles. The lowest BCUT2D eigenvalue weighted by Gasteiger charge is -2.20. The molecule has 0 N–H and O–H groups in total. The second-order valence-electron chi connectivity index (χ2n) is 10.4. The number of methoxy groups -OCH3 is 1. The van der Waals surface area contributed by atoms with E-state index in [1.807, 2.05) is 63.2 Å². The number of rotatable bonds is 14. The minimum absolute atomic E-state index is 0.150. The number of unbranched alkanes of at least 4 members (excludes halogenated alkanes) is 1. The van der Waals surface area contributed by atoms with Crippen LogP contribution in [-0.4, -0.2) is 32.3 Å². The third-order valence-electron chi connectivity index (χ3n) is 6.56. The number of esters is 2. The molecule has 2 aromatic carbocycles. The Morgan fingerprint density at radius 3 is 2.00 bits per heavy atom. The molecule has 0 saturated carbocycles. The molecule has 0 heterocycles. The van der Waals surface area contributed by atoms with E-state index in [-0.39, 0.29) is 23.8 Å². The van der Waals surface area contributed by atoms with Crippen molar-refractivity contribution in [3.8, 4) is 5.75 Å². The minimum atomic E-state index is -0.277. The molecule has 2 rings (SSSR count). The molecule has 0 amide bonds. The predicted molar refractivity (Wildman–Crippen MR) is 166 cm³/mol. The first-order chi connectivity index (χ1) is 19.2. The largest absolute Gasteiger partial charge is 0.497 e. The average Bonchev–Trinajstić information content (AvgIpc) is 2.95. The summed E-state index contributed by atoms with van der Waals surface area (Å²) >= 11 is 0. The van der Waals surface area contributed by atoms with Crippen LogP contribution in [0.3, 0.4) is 0 Å². The Bertz CT molecular complexity index is 1050.